The molecular weight excluding hydrogens is 200 g/mol. The summed E-state index contributed by atoms with van der Waals surface area (Å²) in [4.78, 5) is 13.1. The van der Waals surface area contributed by atoms with E-state index in [2.05, 4.69) is 0 Å². The van der Waals surface area contributed by atoms with Gasteiger partial charge in [-0.3, -0.25) is 4.79 Å². The average molecular weight is 219 g/mol. The van der Waals surface area contributed by atoms with E-state index in [0.717, 1.165) is 12.8 Å². The maximum atomic E-state index is 13.2. The van der Waals surface area contributed by atoms with Gasteiger partial charge in [0.2, 0.25) is 5.91 Å². The van der Waals surface area contributed by atoms with Crippen LogP contribution in [0.1, 0.15) is 33.6 Å². The van der Waals surface area contributed by atoms with Crippen molar-refractivity contribution in [1.29, 1.82) is 0 Å². The second-order valence-corrected chi connectivity index (χ2v) is 4.57. The Kier molecular flexibility index (Phi) is 3.68. The minimum atomic E-state index is -2.71. The van der Waals surface area contributed by atoms with Crippen LogP contribution in [0.5, 0.6) is 0 Å². The molecule has 1 aliphatic rings. The molecule has 1 aliphatic heterocycles. The molecule has 0 radical (unpaired) electrons. The molecule has 1 heterocycles. The molecule has 0 aliphatic carbocycles. The van der Waals surface area contributed by atoms with Crippen molar-refractivity contribution >= 4 is 5.91 Å². The minimum absolute atomic E-state index is 0.124. The molecule has 0 saturated carbocycles. The fourth-order valence-electron chi connectivity index (χ4n) is 1.98. The molecule has 1 fully saturated rings. The highest BCUT2D eigenvalue weighted by molar-refractivity contribution is 5.78. The van der Waals surface area contributed by atoms with Gasteiger partial charge in [0.15, 0.2) is 0 Å². The number of carbonyl (C=O) groups is 1. The number of likely N-dealkylation sites (tertiary alicyclic amines) is 1. The maximum absolute atomic E-state index is 13.2. The Morgan fingerprint density at radius 1 is 1.60 bits per heavy atom. The first-order valence-electron chi connectivity index (χ1n) is 5.55. The van der Waals surface area contributed by atoms with Gasteiger partial charge in [0.1, 0.15) is 0 Å². The zero-order chi connectivity index (χ0) is 11.6. The van der Waals surface area contributed by atoms with Gasteiger partial charge in [0.05, 0.1) is 6.54 Å². The van der Waals surface area contributed by atoms with Crippen LogP contribution in [0.25, 0.3) is 0 Å². The third-order valence-corrected chi connectivity index (χ3v) is 3.07. The molecule has 0 N–H and O–H groups in total. The molecule has 1 amide bonds. The highest BCUT2D eigenvalue weighted by Crippen LogP contribution is 2.33. The van der Waals surface area contributed by atoms with Crippen LogP contribution in [0, 0.1) is 11.8 Å². The van der Waals surface area contributed by atoms with Crippen molar-refractivity contribution in [3.05, 3.63) is 0 Å². The van der Waals surface area contributed by atoms with Gasteiger partial charge >= 0.3 is 0 Å². The number of alkyl halides is 2. The van der Waals surface area contributed by atoms with Gasteiger partial charge in [-0.1, -0.05) is 27.2 Å². The predicted octanol–water partition coefficient (Wildman–Crippen LogP) is 2.54. The van der Waals surface area contributed by atoms with Crippen LogP contribution in [-0.4, -0.2) is 29.8 Å². The number of halogens is 2. The lowest BCUT2D eigenvalue weighted by atomic mass is 10.1. The summed E-state index contributed by atoms with van der Waals surface area (Å²) < 4.78 is 26.4. The smallest absolute Gasteiger partial charge is 0.269 e. The van der Waals surface area contributed by atoms with Crippen molar-refractivity contribution in [3.63, 3.8) is 0 Å². The highest BCUT2D eigenvalue weighted by atomic mass is 19.3. The first-order valence-corrected chi connectivity index (χ1v) is 5.55. The van der Waals surface area contributed by atoms with Crippen LogP contribution >= 0.6 is 0 Å². The quantitative estimate of drug-likeness (QED) is 0.714. The SMILES string of the molecule is CCCC(C)C(=O)N1CC(C)C(F)(F)C1. The van der Waals surface area contributed by atoms with Gasteiger partial charge in [-0.15, -0.1) is 0 Å². The molecular formula is C11H19F2NO. The molecule has 2 unspecified atom stereocenters. The molecule has 4 heteroatoms. The summed E-state index contributed by atoms with van der Waals surface area (Å²) in [6.45, 7) is 5.09. The van der Waals surface area contributed by atoms with E-state index in [0.29, 0.717) is 0 Å². The van der Waals surface area contributed by atoms with Gasteiger partial charge in [0, 0.05) is 18.4 Å². The third kappa shape index (κ3) is 2.67. The molecule has 15 heavy (non-hydrogen) atoms. The van der Waals surface area contributed by atoms with Crippen LogP contribution < -0.4 is 0 Å². The monoisotopic (exact) mass is 219 g/mol. The molecule has 2 atom stereocenters. The standard InChI is InChI=1S/C11H19F2NO/c1-4-5-8(2)10(15)14-6-9(3)11(12,13)7-14/h8-9H,4-7H2,1-3H3. The fourth-order valence-corrected chi connectivity index (χ4v) is 1.98. The Morgan fingerprint density at radius 2 is 2.20 bits per heavy atom. The Morgan fingerprint density at radius 3 is 2.60 bits per heavy atom. The predicted molar refractivity (Wildman–Crippen MR) is 54.8 cm³/mol. The third-order valence-electron chi connectivity index (χ3n) is 3.07. The topological polar surface area (TPSA) is 20.3 Å². The van der Waals surface area contributed by atoms with E-state index in [1.807, 2.05) is 13.8 Å². The Balaban J connectivity index is 2.57. The molecule has 2 nitrogen and oxygen atoms in total. The summed E-state index contributed by atoms with van der Waals surface area (Å²) in [5.74, 6) is -3.67. The van der Waals surface area contributed by atoms with Crippen molar-refractivity contribution < 1.29 is 13.6 Å². The van der Waals surface area contributed by atoms with Crippen LogP contribution in [0.2, 0.25) is 0 Å². The first kappa shape index (κ1) is 12.4. The van der Waals surface area contributed by atoms with Gasteiger partial charge in [-0.05, 0) is 6.42 Å². The molecule has 0 bridgehead atoms. The van der Waals surface area contributed by atoms with E-state index in [4.69, 9.17) is 0 Å². The number of hydrogen-bond acceptors (Lipinski definition) is 1. The van der Waals surface area contributed by atoms with Crippen LogP contribution in [0.3, 0.4) is 0 Å². The van der Waals surface area contributed by atoms with Gasteiger partial charge in [-0.2, -0.15) is 0 Å². The Bertz CT molecular complexity index is 243. The van der Waals surface area contributed by atoms with Crippen molar-refractivity contribution in [3.8, 4) is 0 Å². The lowest BCUT2D eigenvalue weighted by Crippen LogP contribution is -2.35. The lowest BCUT2D eigenvalue weighted by molar-refractivity contribution is -0.135. The minimum Gasteiger partial charge on any atom is -0.336 e. The average Bonchev–Trinajstić information content (AvgIpc) is 2.40. The van der Waals surface area contributed by atoms with Crippen molar-refractivity contribution in [2.45, 2.75) is 39.5 Å². The van der Waals surface area contributed by atoms with Crippen molar-refractivity contribution in [1.82, 2.24) is 4.90 Å². The van der Waals surface area contributed by atoms with E-state index < -0.39 is 18.4 Å². The van der Waals surface area contributed by atoms with E-state index in [-0.39, 0.29) is 18.4 Å². The summed E-state index contributed by atoms with van der Waals surface area (Å²) in [6, 6.07) is 0. The van der Waals surface area contributed by atoms with Crippen LogP contribution in [-0.2, 0) is 4.79 Å². The molecule has 88 valence electrons. The summed E-state index contributed by atoms with van der Waals surface area (Å²) in [6.07, 6.45) is 1.68. The van der Waals surface area contributed by atoms with Gasteiger partial charge in [-0.25, -0.2) is 8.78 Å². The van der Waals surface area contributed by atoms with Crippen molar-refractivity contribution in [2.24, 2.45) is 11.8 Å². The van der Waals surface area contributed by atoms with Crippen molar-refractivity contribution in [2.75, 3.05) is 13.1 Å². The number of hydrogen-bond donors (Lipinski definition) is 0. The number of amides is 1. The first-order chi connectivity index (χ1) is 6.88. The van der Waals surface area contributed by atoms with Gasteiger partial charge in [0.25, 0.3) is 5.92 Å². The summed E-state index contributed by atoms with van der Waals surface area (Å²) >= 11 is 0. The maximum Gasteiger partial charge on any atom is 0.269 e. The second kappa shape index (κ2) is 4.45. The highest BCUT2D eigenvalue weighted by Gasteiger charge is 2.47. The normalized spacial score (nSPS) is 26.7. The van der Waals surface area contributed by atoms with Crippen LogP contribution in [0.4, 0.5) is 8.78 Å². The number of carbonyl (C=O) groups excluding carboxylic acids is 1. The van der Waals surface area contributed by atoms with E-state index >= 15 is 0 Å². The molecule has 0 aromatic rings. The number of rotatable bonds is 3. The molecule has 1 rings (SSSR count). The largest absolute Gasteiger partial charge is 0.336 e. The molecule has 0 aromatic heterocycles. The fraction of sp³-hybridized carbons (Fsp3) is 0.909. The molecule has 0 aromatic carbocycles. The van der Waals surface area contributed by atoms with E-state index in [9.17, 15) is 13.6 Å². The van der Waals surface area contributed by atoms with E-state index in [1.54, 1.807) is 0 Å². The zero-order valence-corrected chi connectivity index (χ0v) is 9.59. The zero-order valence-electron chi connectivity index (χ0n) is 9.59. The molecule has 1 saturated heterocycles. The Hall–Kier alpha value is -0.670. The van der Waals surface area contributed by atoms with Crippen LogP contribution in [0.15, 0.2) is 0 Å². The summed E-state index contributed by atoms with van der Waals surface area (Å²) in [7, 11) is 0. The molecule has 0 spiro atoms. The second-order valence-electron chi connectivity index (χ2n) is 4.57. The van der Waals surface area contributed by atoms with E-state index in [1.165, 1.54) is 11.8 Å². The Labute approximate surface area is 89.6 Å². The number of nitrogens with zero attached hydrogens (tertiary/aromatic N) is 1. The summed E-state index contributed by atoms with van der Waals surface area (Å²) in [5, 5.41) is 0. The van der Waals surface area contributed by atoms with Gasteiger partial charge < -0.3 is 4.90 Å². The summed E-state index contributed by atoms with van der Waals surface area (Å²) in [5.41, 5.74) is 0. The lowest BCUT2D eigenvalue weighted by Gasteiger charge is -2.20.